The maximum atomic E-state index is 12.7. The Bertz CT molecular complexity index is 1190. The number of benzene rings is 1. The SMILES string of the molecule is Cc1cc(S(=O)(=O)Nc2cscn2)ncc1N(C)C1[C@@H]2CC[C@H]1CN(Cc1ccccc1)C2. The van der Waals surface area contributed by atoms with E-state index < -0.39 is 10.0 Å². The summed E-state index contributed by atoms with van der Waals surface area (Å²) in [6, 6.07) is 12.8. The Morgan fingerprint density at radius 1 is 1.15 bits per heavy atom. The fourth-order valence-electron chi connectivity index (χ4n) is 5.55. The number of fused-ring (bicyclic) bond motifs is 2. The lowest BCUT2D eigenvalue weighted by Gasteiger charge is -2.43. The first-order chi connectivity index (χ1) is 15.9. The van der Waals surface area contributed by atoms with Gasteiger partial charge in [-0.1, -0.05) is 30.3 Å². The lowest BCUT2D eigenvalue weighted by molar-refractivity contribution is 0.138. The van der Waals surface area contributed by atoms with Crippen LogP contribution in [-0.2, 0) is 16.6 Å². The maximum absolute atomic E-state index is 12.7. The van der Waals surface area contributed by atoms with Crippen molar-refractivity contribution in [2.45, 2.75) is 37.4 Å². The Hall–Kier alpha value is -2.49. The van der Waals surface area contributed by atoms with Crippen molar-refractivity contribution in [3.8, 4) is 0 Å². The van der Waals surface area contributed by atoms with Crippen LogP contribution in [-0.4, -0.2) is 49.5 Å². The molecule has 7 nitrogen and oxygen atoms in total. The van der Waals surface area contributed by atoms with Crippen molar-refractivity contribution in [2.75, 3.05) is 29.8 Å². The topological polar surface area (TPSA) is 78.4 Å². The minimum absolute atomic E-state index is 0.0193. The van der Waals surface area contributed by atoms with Gasteiger partial charge in [-0.05, 0) is 48.8 Å². The number of aromatic nitrogens is 2. The van der Waals surface area contributed by atoms with Gasteiger partial charge in [0.15, 0.2) is 10.8 Å². The van der Waals surface area contributed by atoms with E-state index in [1.54, 1.807) is 23.2 Å². The van der Waals surface area contributed by atoms with Gasteiger partial charge >= 0.3 is 0 Å². The van der Waals surface area contributed by atoms with Gasteiger partial charge in [-0.25, -0.2) is 9.97 Å². The predicted molar refractivity (Wildman–Crippen MR) is 132 cm³/mol. The number of pyridine rings is 1. The van der Waals surface area contributed by atoms with E-state index in [1.807, 2.05) is 6.92 Å². The van der Waals surface area contributed by atoms with Crippen molar-refractivity contribution in [1.29, 1.82) is 0 Å². The number of thiazole rings is 1. The van der Waals surface area contributed by atoms with Gasteiger partial charge in [-0.2, -0.15) is 8.42 Å². The molecule has 2 fully saturated rings. The second-order valence-electron chi connectivity index (χ2n) is 9.17. The molecule has 1 aromatic carbocycles. The molecule has 2 aliphatic rings. The summed E-state index contributed by atoms with van der Waals surface area (Å²) in [5.41, 5.74) is 4.87. The van der Waals surface area contributed by atoms with Crippen LogP contribution in [0.25, 0.3) is 0 Å². The number of sulfonamides is 1. The Kier molecular flexibility index (Phi) is 6.11. The standard InChI is InChI=1S/C24H29N5O2S2/c1-17-10-23(33(30,31)27-22-15-32-16-26-22)25-11-21(17)28(2)24-19-8-9-20(24)14-29(13-19)12-18-6-4-3-5-7-18/h3-7,10-11,15-16,19-20,24,27H,8-9,12-14H2,1-2H3/t19-,20+,24?. The third kappa shape index (κ3) is 4.62. The van der Waals surface area contributed by atoms with E-state index in [1.165, 1.54) is 29.7 Å². The highest BCUT2D eigenvalue weighted by atomic mass is 32.2. The fraction of sp³-hybridized carbons (Fsp3) is 0.417. The number of anilines is 2. The van der Waals surface area contributed by atoms with Crippen molar-refractivity contribution in [1.82, 2.24) is 14.9 Å². The van der Waals surface area contributed by atoms with Gasteiger partial charge in [0.05, 0.1) is 17.4 Å². The normalized spacial score (nSPS) is 22.9. The Morgan fingerprint density at radius 3 is 2.52 bits per heavy atom. The summed E-state index contributed by atoms with van der Waals surface area (Å²) < 4.78 is 27.9. The van der Waals surface area contributed by atoms with E-state index in [-0.39, 0.29) is 5.03 Å². The number of piperidine rings is 1. The Balaban J connectivity index is 1.30. The number of rotatable bonds is 7. The van der Waals surface area contributed by atoms with Crippen LogP contribution >= 0.6 is 11.3 Å². The van der Waals surface area contributed by atoms with E-state index in [0.717, 1.165) is 30.9 Å². The Morgan fingerprint density at radius 2 is 1.88 bits per heavy atom. The molecule has 3 heterocycles. The molecule has 5 rings (SSSR count). The van der Waals surface area contributed by atoms with Gasteiger partial charge in [0, 0.05) is 38.1 Å². The van der Waals surface area contributed by atoms with Crippen LogP contribution in [0.4, 0.5) is 11.5 Å². The molecule has 33 heavy (non-hydrogen) atoms. The maximum Gasteiger partial charge on any atom is 0.280 e. The first-order valence-electron chi connectivity index (χ1n) is 11.3. The number of nitrogens with zero attached hydrogens (tertiary/aromatic N) is 4. The molecule has 9 heteroatoms. The zero-order valence-electron chi connectivity index (χ0n) is 18.9. The molecule has 3 atom stereocenters. The lowest BCUT2D eigenvalue weighted by Crippen LogP contribution is -2.51. The lowest BCUT2D eigenvalue weighted by atomic mass is 9.90. The number of likely N-dealkylation sites (tertiary alicyclic amines) is 1. The van der Waals surface area contributed by atoms with Gasteiger partial charge in [0.1, 0.15) is 0 Å². The molecule has 1 saturated carbocycles. The highest BCUT2D eigenvalue weighted by Gasteiger charge is 2.44. The fourth-order valence-corrected chi connectivity index (χ4v) is 7.12. The van der Waals surface area contributed by atoms with Gasteiger partial charge < -0.3 is 4.90 Å². The highest BCUT2D eigenvalue weighted by Crippen LogP contribution is 2.42. The molecule has 1 unspecified atom stereocenters. The van der Waals surface area contributed by atoms with Crippen LogP contribution in [0.2, 0.25) is 0 Å². The smallest absolute Gasteiger partial charge is 0.280 e. The average molecular weight is 484 g/mol. The third-order valence-corrected chi connectivity index (χ3v) is 8.78. The molecule has 0 amide bonds. The van der Waals surface area contributed by atoms with E-state index in [4.69, 9.17) is 0 Å². The second-order valence-corrected chi connectivity index (χ2v) is 11.5. The monoisotopic (exact) mass is 483 g/mol. The molecule has 0 radical (unpaired) electrons. The minimum Gasteiger partial charge on any atom is -0.369 e. The molecule has 174 valence electrons. The first-order valence-corrected chi connectivity index (χ1v) is 13.7. The molecule has 1 aliphatic heterocycles. The van der Waals surface area contributed by atoms with Gasteiger partial charge in [0.25, 0.3) is 10.0 Å². The number of aryl methyl sites for hydroxylation is 1. The van der Waals surface area contributed by atoms with Crippen LogP contribution in [0.5, 0.6) is 0 Å². The summed E-state index contributed by atoms with van der Waals surface area (Å²) >= 11 is 1.34. The van der Waals surface area contributed by atoms with Gasteiger partial charge in [0.2, 0.25) is 0 Å². The molecular formula is C24H29N5O2S2. The summed E-state index contributed by atoms with van der Waals surface area (Å²) in [4.78, 5) is 13.3. The molecule has 1 saturated heterocycles. The van der Waals surface area contributed by atoms with Crippen LogP contribution in [0, 0.1) is 18.8 Å². The summed E-state index contributed by atoms with van der Waals surface area (Å²) in [5.74, 6) is 1.53. The second kappa shape index (κ2) is 9.04. The molecule has 2 aromatic heterocycles. The quantitative estimate of drug-likeness (QED) is 0.547. The van der Waals surface area contributed by atoms with Crippen molar-refractivity contribution < 1.29 is 8.42 Å². The summed E-state index contributed by atoms with van der Waals surface area (Å²) in [6.45, 7) is 5.15. The first kappa shape index (κ1) is 22.3. The average Bonchev–Trinajstić information content (AvgIpc) is 3.39. The number of hydrogen-bond acceptors (Lipinski definition) is 7. The van der Waals surface area contributed by atoms with Crippen molar-refractivity contribution >= 4 is 32.9 Å². The summed E-state index contributed by atoms with van der Waals surface area (Å²) in [5, 5.41) is 1.68. The molecule has 1 N–H and O–H groups in total. The third-order valence-electron chi connectivity index (χ3n) is 6.94. The highest BCUT2D eigenvalue weighted by molar-refractivity contribution is 7.92. The molecular weight excluding hydrogens is 454 g/mol. The number of hydrogen-bond donors (Lipinski definition) is 1. The zero-order chi connectivity index (χ0) is 23.0. The predicted octanol–water partition coefficient (Wildman–Crippen LogP) is 3.99. The van der Waals surface area contributed by atoms with Crippen molar-refractivity contribution in [3.63, 3.8) is 0 Å². The largest absolute Gasteiger partial charge is 0.369 e. The summed E-state index contributed by atoms with van der Waals surface area (Å²) in [7, 11) is -1.63. The molecule has 0 spiro atoms. The van der Waals surface area contributed by atoms with Crippen LogP contribution in [0.1, 0.15) is 24.0 Å². The van der Waals surface area contributed by atoms with E-state index in [9.17, 15) is 8.42 Å². The Labute approximate surface area is 199 Å². The van der Waals surface area contributed by atoms with Crippen molar-refractivity contribution in [3.05, 3.63) is 64.6 Å². The number of nitrogens with one attached hydrogen (secondary N) is 1. The van der Waals surface area contributed by atoms with Gasteiger partial charge in [-0.15, -0.1) is 11.3 Å². The van der Waals surface area contributed by atoms with Crippen LogP contribution in [0.3, 0.4) is 0 Å². The molecule has 1 aliphatic carbocycles. The van der Waals surface area contributed by atoms with Crippen LogP contribution < -0.4 is 9.62 Å². The van der Waals surface area contributed by atoms with E-state index >= 15 is 0 Å². The van der Waals surface area contributed by atoms with E-state index in [0.29, 0.717) is 23.7 Å². The van der Waals surface area contributed by atoms with Crippen LogP contribution in [0.15, 0.2) is 58.5 Å². The molecule has 3 aromatic rings. The van der Waals surface area contributed by atoms with Gasteiger partial charge in [-0.3, -0.25) is 9.62 Å². The summed E-state index contributed by atoms with van der Waals surface area (Å²) in [6.07, 6.45) is 4.18. The molecule has 2 bridgehead atoms. The van der Waals surface area contributed by atoms with E-state index in [2.05, 4.69) is 61.9 Å². The van der Waals surface area contributed by atoms with Crippen molar-refractivity contribution in [2.24, 2.45) is 11.8 Å². The zero-order valence-corrected chi connectivity index (χ0v) is 20.5. The minimum atomic E-state index is -3.76.